The Morgan fingerprint density at radius 1 is 0.949 bits per heavy atom. The Morgan fingerprint density at radius 3 is 2.27 bits per heavy atom. The lowest BCUT2D eigenvalue weighted by Crippen LogP contribution is -2.46. The van der Waals surface area contributed by atoms with Crippen molar-refractivity contribution in [1.82, 2.24) is 5.43 Å². The fourth-order valence-electron chi connectivity index (χ4n) is 8.31. The minimum absolute atomic E-state index is 0.0574. The lowest BCUT2D eigenvalue weighted by atomic mass is 9.78. The molecular weight excluding hydrogens is 762 g/mol. The molecule has 5 bridgehead atoms. The zero-order valence-corrected chi connectivity index (χ0v) is 35.2. The van der Waals surface area contributed by atoms with Gasteiger partial charge in [-0.3, -0.25) is 14.4 Å². The third-order valence-corrected chi connectivity index (χ3v) is 12.1. The van der Waals surface area contributed by atoms with Crippen molar-refractivity contribution in [3.63, 3.8) is 0 Å². The van der Waals surface area contributed by atoms with Gasteiger partial charge >= 0.3 is 11.8 Å². The molecule has 3 heterocycles. The molecule has 1 amide bonds. The van der Waals surface area contributed by atoms with Crippen LogP contribution in [0.3, 0.4) is 0 Å². The summed E-state index contributed by atoms with van der Waals surface area (Å²) in [5.41, 5.74) is 2.73. The zero-order valence-electron chi connectivity index (χ0n) is 35.2. The third-order valence-electron chi connectivity index (χ3n) is 12.1. The number of esters is 1. The number of nitrogens with one attached hydrogen (secondary N) is 2. The number of anilines is 1. The standard InChI is InChI=1S/C44H59N3O12/c1-21-14-13-15-22(2)43(55)46-34-29(20-45-47-28-16-11-10-12-17-28)38(52)31-32(39(34)53)37(51)26(6)41-33(31)42(54)44(8,59-41)57-19-18-30(56-9)23(3)40(58-27(7)48)25(5)36(50)24(4)35(21)49/h13-15,18-21,23-25,28,30,35-36,40,47,49-53H,10-12,16-17H2,1-9H3,(H,46,55)/b14-13+,19-18+,22-15-,45-20?/t21-,23-,24+,25-,30-,35-,36+,40+,44-/m0/s1. The minimum Gasteiger partial charge on any atom is -0.507 e. The van der Waals surface area contributed by atoms with Crippen LogP contribution in [0.15, 0.2) is 41.2 Å². The number of carbonyl (C=O) groups excluding carboxylic acids is 3. The van der Waals surface area contributed by atoms with Crippen molar-refractivity contribution in [2.24, 2.45) is 28.8 Å². The average Bonchev–Trinajstić information content (AvgIpc) is 3.47. The molecule has 59 heavy (non-hydrogen) atoms. The van der Waals surface area contributed by atoms with Crippen LogP contribution in [0.5, 0.6) is 23.0 Å². The summed E-state index contributed by atoms with van der Waals surface area (Å²) in [5.74, 6) is -8.33. The van der Waals surface area contributed by atoms with Crippen molar-refractivity contribution in [3.8, 4) is 23.0 Å². The van der Waals surface area contributed by atoms with E-state index in [1.807, 2.05) is 0 Å². The summed E-state index contributed by atoms with van der Waals surface area (Å²) in [7, 11) is 1.44. The first-order valence-corrected chi connectivity index (χ1v) is 20.2. The number of ketones is 1. The minimum atomic E-state index is -2.04. The number of methoxy groups -OCH3 is 1. The van der Waals surface area contributed by atoms with Crippen LogP contribution in [0, 0.1) is 30.6 Å². The van der Waals surface area contributed by atoms with Gasteiger partial charge in [-0.2, -0.15) is 5.10 Å². The van der Waals surface area contributed by atoms with Crippen molar-refractivity contribution in [2.75, 3.05) is 12.4 Å². The summed E-state index contributed by atoms with van der Waals surface area (Å²) in [6.45, 7) is 12.5. The van der Waals surface area contributed by atoms with Crippen LogP contribution in [-0.4, -0.2) is 92.8 Å². The molecule has 2 aromatic carbocycles. The van der Waals surface area contributed by atoms with Gasteiger partial charge in [-0.05, 0) is 32.8 Å². The van der Waals surface area contributed by atoms with Crippen LogP contribution < -0.4 is 15.5 Å². The first-order valence-electron chi connectivity index (χ1n) is 20.2. The Labute approximate surface area is 344 Å². The number of phenolic OH excluding ortho intramolecular Hbond substituents is 3. The Morgan fingerprint density at radius 2 is 1.63 bits per heavy atom. The normalized spacial score (nSPS) is 31.9. The number of allylic oxidation sites excluding steroid dienone is 2. The van der Waals surface area contributed by atoms with Crippen LogP contribution >= 0.6 is 0 Å². The summed E-state index contributed by atoms with van der Waals surface area (Å²) in [4.78, 5) is 40.5. The highest BCUT2D eigenvalue weighted by molar-refractivity contribution is 6.23. The fourth-order valence-corrected chi connectivity index (χ4v) is 8.31. The molecule has 15 heteroatoms. The van der Waals surface area contributed by atoms with E-state index in [2.05, 4.69) is 15.8 Å². The van der Waals surface area contributed by atoms with E-state index in [9.17, 15) is 39.9 Å². The molecule has 1 aliphatic carbocycles. The van der Waals surface area contributed by atoms with Gasteiger partial charge in [-0.25, -0.2) is 0 Å². The van der Waals surface area contributed by atoms with Gasteiger partial charge < -0.3 is 55.2 Å². The van der Waals surface area contributed by atoms with Gasteiger partial charge in [-0.1, -0.05) is 65.2 Å². The topological polar surface area (TPSA) is 226 Å². The van der Waals surface area contributed by atoms with Crippen molar-refractivity contribution in [2.45, 2.75) is 124 Å². The molecule has 0 spiro atoms. The molecule has 0 saturated heterocycles. The Balaban J connectivity index is 1.69. The number of benzene rings is 2. The number of fused-ring (bicyclic) bond motifs is 14. The van der Waals surface area contributed by atoms with Crippen LogP contribution in [0.4, 0.5) is 5.69 Å². The highest BCUT2D eigenvalue weighted by Crippen LogP contribution is 2.55. The second kappa shape index (κ2) is 18.4. The van der Waals surface area contributed by atoms with Crippen LogP contribution in [0.1, 0.15) is 102 Å². The molecule has 1 fully saturated rings. The molecular formula is C44H59N3O12. The summed E-state index contributed by atoms with van der Waals surface area (Å²) in [5, 5.41) is 64.8. The van der Waals surface area contributed by atoms with Crippen molar-refractivity contribution in [1.29, 1.82) is 0 Å². The van der Waals surface area contributed by atoms with Gasteiger partial charge in [0.25, 0.3) is 11.7 Å². The number of ether oxygens (including phenoxy) is 4. The van der Waals surface area contributed by atoms with E-state index >= 15 is 0 Å². The second-order valence-corrected chi connectivity index (χ2v) is 16.3. The number of amides is 1. The molecule has 2 aromatic rings. The maximum Gasteiger partial charge on any atom is 0.312 e. The van der Waals surface area contributed by atoms with Crippen molar-refractivity contribution in [3.05, 3.63) is 52.8 Å². The number of hydrogen-bond acceptors (Lipinski definition) is 14. The van der Waals surface area contributed by atoms with Gasteiger partial charge in [-0.15, -0.1) is 0 Å². The van der Waals surface area contributed by atoms with E-state index in [0.717, 1.165) is 32.1 Å². The quantitative estimate of drug-likeness (QED) is 0.0604. The number of aliphatic hydroxyl groups excluding tert-OH is 2. The number of aliphatic hydroxyl groups is 2. The first-order chi connectivity index (χ1) is 27.8. The number of aromatic hydroxyl groups is 3. The molecule has 7 N–H and O–H groups in total. The predicted molar refractivity (Wildman–Crippen MR) is 221 cm³/mol. The first kappa shape index (κ1) is 45.0. The van der Waals surface area contributed by atoms with Gasteiger partial charge in [0.1, 0.15) is 23.4 Å². The fraction of sp³-hybridized carbons (Fsp3) is 0.545. The van der Waals surface area contributed by atoms with Crippen LogP contribution in [0.25, 0.3) is 10.8 Å². The molecule has 9 atom stereocenters. The van der Waals surface area contributed by atoms with Gasteiger partial charge in [0.05, 0.1) is 53.0 Å². The molecule has 4 aliphatic rings. The zero-order chi connectivity index (χ0) is 43.5. The lowest BCUT2D eigenvalue weighted by molar-refractivity contribution is -0.160. The molecule has 1 saturated carbocycles. The van der Waals surface area contributed by atoms with Gasteiger partial charge in [0, 0.05) is 67.2 Å². The Hall–Kier alpha value is -5.12. The SMILES string of the molecule is CO[C@H]1/C=C/O[C@@]2(C)Oc3c(C)c(O)c4c(O)c(c(C=NNC5CCCCC5)c(O)c4c3C2=O)NC(=O)/C(C)=C\C=C\[C@H](C)[C@H](O)[C@@H](C)[C@@H](O)[C@H](C)[C@H](OC(C)=O)[C@H]1C. The summed E-state index contributed by atoms with van der Waals surface area (Å²) in [6.07, 6.45) is 9.77. The Kier molecular flexibility index (Phi) is 14.0. The maximum atomic E-state index is 14.4. The molecule has 15 nitrogen and oxygen atoms in total. The van der Waals surface area contributed by atoms with Crippen molar-refractivity contribution >= 4 is 40.3 Å². The number of phenols is 3. The Bertz CT molecular complexity index is 2050. The number of rotatable bonds is 5. The van der Waals surface area contributed by atoms with Crippen LogP contribution in [-0.2, 0) is 23.8 Å². The van der Waals surface area contributed by atoms with Crippen molar-refractivity contribution < 1.29 is 58.9 Å². The monoisotopic (exact) mass is 821 g/mol. The number of Topliss-reactive ketones (excluding diaryl/α,β-unsaturated/α-hetero) is 1. The maximum absolute atomic E-state index is 14.4. The second-order valence-electron chi connectivity index (χ2n) is 16.3. The average molecular weight is 822 g/mol. The van der Waals surface area contributed by atoms with E-state index < -0.39 is 88.8 Å². The molecule has 0 radical (unpaired) electrons. The molecule has 0 aromatic heterocycles. The van der Waals surface area contributed by atoms with E-state index in [-0.39, 0.29) is 50.5 Å². The van der Waals surface area contributed by atoms with Gasteiger partial charge in [0.15, 0.2) is 5.75 Å². The van der Waals surface area contributed by atoms with E-state index in [1.165, 1.54) is 59.4 Å². The highest BCUT2D eigenvalue weighted by Gasteiger charge is 2.50. The number of carbonyl (C=O) groups is 3. The third kappa shape index (κ3) is 9.07. The molecule has 0 unspecified atom stereocenters. The highest BCUT2D eigenvalue weighted by atomic mass is 16.7. The smallest absolute Gasteiger partial charge is 0.312 e. The summed E-state index contributed by atoms with van der Waals surface area (Å²) < 4.78 is 23.6. The predicted octanol–water partition coefficient (Wildman–Crippen LogP) is 6.01. The van der Waals surface area contributed by atoms with E-state index in [1.54, 1.807) is 39.8 Å². The molecule has 3 aliphatic heterocycles. The number of nitrogens with zero attached hydrogens (tertiary/aromatic N) is 1. The summed E-state index contributed by atoms with van der Waals surface area (Å²) in [6, 6.07) is 0.0702. The molecule has 6 rings (SSSR count). The number of hydrogen-bond donors (Lipinski definition) is 7. The van der Waals surface area contributed by atoms with Gasteiger partial charge in [0.2, 0.25) is 0 Å². The van der Waals surface area contributed by atoms with E-state index in [0.29, 0.717) is 0 Å². The lowest BCUT2D eigenvalue weighted by Gasteiger charge is -2.38. The van der Waals surface area contributed by atoms with Crippen LogP contribution in [0.2, 0.25) is 0 Å². The molecule has 322 valence electrons. The summed E-state index contributed by atoms with van der Waals surface area (Å²) >= 11 is 0. The number of hydrazone groups is 1. The largest absolute Gasteiger partial charge is 0.507 e. The van der Waals surface area contributed by atoms with E-state index in [4.69, 9.17) is 18.9 Å².